The Labute approximate surface area is 95.4 Å². The second kappa shape index (κ2) is 5.42. The van der Waals surface area contributed by atoms with Gasteiger partial charge in [-0.3, -0.25) is 4.84 Å². The fraction of sp³-hybridized carbons (Fsp3) is 0.667. The molecule has 1 aromatic heterocycles. The van der Waals surface area contributed by atoms with Crippen molar-refractivity contribution >= 4 is 10.0 Å². The van der Waals surface area contributed by atoms with Gasteiger partial charge in [-0.25, -0.2) is 13.4 Å². The molecule has 0 atom stereocenters. The van der Waals surface area contributed by atoms with Crippen LogP contribution >= 0.6 is 0 Å². The average molecular weight is 247 g/mol. The molecule has 1 rings (SSSR count). The maximum Gasteiger partial charge on any atom is 0.279 e. The molecule has 0 amide bonds. The Balaban J connectivity index is 2.63. The van der Waals surface area contributed by atoms with E-state index in [1.54, 1.807) is 0 Å². The van der Waals surface area contributed by atoms with E-state index < -0.39 is 10.0 Å². The predicted octanol–water partition coefficient (Wildman–Crippen LogP) is 0.838. The molecular formula is C9H17N3O3S. The molecule has 0 aliphatic heterocycles. The van der Waals surface area contributed by atoms with Gasteiger partial charge in [0.25, 0.3) is 10.0 Å². The summed E-state index contributed by atoms with van der Waals surface area (Å²) < 4.78 is 23.3. The number of hydrogen-bond acceptors (Lipinski definition) is 4. The second-order valence-electron chi connectivity index (χ2n) is 3.84. The molecule has 16 heavy (non-hydrogen) atoms. The Kier molecular flexibility index (Phi) is 4.45. The third-order valence-electron chi connectivity index (χ3n) is 1.81. The number of nitrogens with zero attached hydrogens (tertiary/aromatic N) is 1. The number of hydrogen-bond donors (Lipinski definition) is 2. The maximum absolute atomic E-state index is 11.6. The monoisotopic (exact) mass is 247 g/mol. The smallest absolute Gasteiger partial charge is 0.279 e. The minimum atomic E-state index is -3.64. The third kappa shape index (κ3) is 3.58. The summed E-state index contributed by atoms with van der Waals surface area (Å²) >= 11 is 0. The number of aromatic nitrogens is 2. The van der Waals surface area contributed by atoms with Gasteiger partial charge in [0.05, 0.1) is 12.8 Å². The van der Waals surface area contributed by atoms with Crippen LogP contribution in [0.4, 0.5) is 0 Å². The number of sulfonamides is 1. The summed E-state index contributed by atoms with van der Waals surface area (Å²) in [5.41, 5.74) is 0. The summed E-state index contributed by atoms with van der Waals surface area (Å²) in [6, 6.07) is 0. The number of H-pyrrole nitrogens is 1. The lowest BCUT2D eigenvalue weighted by atomic mass is 10.2. The van der Waals surface area contributed by atoms with Gasteiger partial charge in [-0.2, -0.15) is 0 Å². The molecule has 7 heteroatoms. The van der Waals surface area contributed by atoms with Gasteiger partial charge in [-0.1, -0.05) is 25.7 Å². The zero-order valence-electron chi connectivity index (χ0n) is 9.65. The van der Waals surface area contributed by atoms with Crippen LogP contribution in [-0.4, -0.2) is 25.0 Å². The molecule has 0 aliphatic rings. The van der Waals surface area contributed by atoms with Crippen LogP contribution in [0.1, 0.15) is 26.6 Å². The molecule has 0 bridgehead atoms. The SMILES string of the molecule is CCc1ncc(S(=O)(=O)NOCC(C)C)[nH]1. The molecule has 1 heterocycles. The molecule has 0 spiro atoms. The Morgan fingerprint density at radius 1 is 1.56 bits per heavy atom. The Morgan fingerprint density at radius 3 is 2.75 bits per heavy atom. The number of imidazole rings is 1. The maximum atomic E-state index is 11.6. The van der Waals surface area contributed by atoms with E-state index in [4.69, 9.17) is 4.84 Å². The van der Waals surface area contributed by atoms with Crippen LogP contribution in [0, 0.1) is 5.92 Å². The summed E-state index contributed by atoms with van der Waals surface area (Å²) in [6.07, 6.45) is 1.93. The predicted molar refractivity (Wildman–Crippen MR) is 59.1 cm³/mol. The van der Waals surface area contributed by atoms with Crippen molar-refractivity contribution in [1.29, 1.82) is 0 Å². The lowest BCUT2D eigenvalue weighted by molar-refractivity contribution is 0.0717. The van der Waals surface area contributed by atoms with E-state index in [-0.39, 0.29) is 10.9 Å². The minimum Gasteiger partial charge on any atom is -0.332 e. The highest BCUT2D eigenvalue weighted by Gasteiger charge is 2.17. The Bertz CT molecular complexity index is 425. The number of aromatic amines is 1. The normalized spacial score (nSPS) is 12.2. The van der Waals surface area contributed by atoms with E-state index in [1.165, 1.54) is 6.20 Å². The van der Waals surface area contributed by atoms with Crippen molar-refractivity contribution in [3.8, 4) is 0 Å². The average Bonchev–Trinajstić information content (AvgIpc) is 2.65. The third-order valence-corrected chi connectivity index (χ3v) is 2.94. The molecule has 6 nitrogen and oxygen atoms in total. The highest BCUT2D eigenvalue weighted by Crippen LogP contribution is 2.05. The van der Waals surface area contributed by atoms with Gasteiger partial charge in [0.15, 0.2) is 5.03 Å². The first-order valence-corrected chi connectivity index (χ1v) is 6.61. The first kappa shape index (κ1) is 13.1. The molecule has 0 aliphatic carbocycles. The Hall–Kier alpha value is -0.920. The molecule has 0 fully saturated rings. The van der Waals surface area contributed by atoms with Crippen LogP contribution in [-0.2, 0) is 21.3 Å². The first-order chi connectivity index (χ1) is 7.45. The number of nitrogens with one attached hydrogen (secondary N) is 2. The van der Waals surface area contributed by atoms with Crippen molar-refractivity contribution in [2.24, 2.45) is 5.92 Å². The zero-order chi connectivity index (χ0) is 12.2. The molecule has 1 aromatic rings. The zero-order valence-corrected chi connectivity index (χ0v) is 10.5. The molecule has 0 saturated carbocycles. The quantitative estimate of drug-likeness (QED) is 0.729. The topological polar surface area (TPSA) is 84.1 Å². The van der Waals surface area contributed by atoms with E-state index in [9.17, 15) is 8.42 Å². The van der Waals surface area contributed by atoms with Crippen molar-refractivity contribution in [3.05, 3.63) is 12.0 Å². The lowest BCUT2D eigenvalue weighted by Crippen LogP contribution is -2.26. The van der Waals surface area contributed by atoms with Crippen LogP contribution in [0.3, 0.4) is 0 Å². The van der Waals surface area contributed by atoms with Crippen molar-refractivity contribution in [3.63, 3.8) is 0 Å². The van der Waals surface area contributed by atoms with Gasteiger partial charge >= 0.3 is 0 Å². The van der Waals surface area contributed by atoms with Gasteiger partial charge in [-0.15, -0.1) is 0 Å². The van der Waals surface area contributed by atoms with Crippen LogP contribution < -0.4 is 4.89 Å². The van der Waals surface area contributed by atoms with E-state index in [0.717, 1.165) is 0 Å². The lowest BCUT2D eigenvalue weighted by Gasteiger charge is -2.07. The number of aryl methyl sites for hydroxylation is 1. The fourth-order valence-corrected chi connectivity index (χ4v) is 1.74. The van der Waals surface area contributed by atoms with Gasteiger partial charge < -0.3 is 4.98 Å². The molecule has 0 unspecified atom stereocenters. The van der Waals surface area contributed by atoms with E-state index in [2.05, 4.69) is 9.97 Å². The van der Waals surface area contributed by atoms with E-state index >= 15 is 0 Å². The van der Waals surface area contributed by atoms with Crippen molar-refractivity contribution < 1.29 is 13.3 Å². The summed E-state index contributed by atoms with van der Waals surface area (Å²) in [4.78, 5) is 13.5. The van der Waals surface area contributed by atoms with Crippen LogP contribution in [0.2, 0.25) is 0 Å². The highest BCUT2D eigenvalue weighted by atomic mass is 32.2. The van der Waals surface area contributed by atoms with Crippen LogP contribution in [0.25, 0.3) is 0 Å². The minimum absolute atomic E-state index is 0.0214. The summed E-state index contributed by atoms with van der Waals surface area (Å²) in [6.45, 7) is 6.07. The van der Waals surface area contributed by atoms with Gasteiger partial charge in [0.1, 0.15) is 5.82 Å². The number of rotatable bonds is 6. The van der Waals surface area contributed by atoms with Gasteiger partial charge in [-0.05, 0) is 5.92 Å². The molecule has 0 aromatic carbocycles. The molecule has 0 saturated heterocycles. The summed E-state index contributed by atoms with van der Waals surface area (Å²) in [7, 11) is -3.64. The molecule has 92 valence electrons. The van der Waals surface area contributed by atoms with Crippen LogP contribution in [0.15, 0.2) is 11.2 Å². The highest BCUT2D eigenvalue weighted by molar-refractivity contribution is 7.89. The first-order valence-electron chi connectivity index (χ1n) is 5.13. The van der Waals surface area contributed by atoms with Gasteiger partial charge in [0, 0.05) is 6.42 Å². The molecule has 2 N–H and O–H groups in total. The molecule has 0 radical (unpaired) electrons. The summed E-state index contributed by atoms with van der Waals surface area (Å²) in [5, 5.41) is 0.0214. The van der Waals surface area contributed by atoms with Crippen LogP contribution in [0.5, 0.6) is 0 Å². The fourth-order valence-electron chi connectivity index (χ4n) is 0.983. The molecular weight excluding hydrogens is 230 g/mol. The van der Waals surface area contributed by atoms with Gasteiger partial charge in [0.2, 0.25) is 0 Å². The van der Waals surface area contributed by atoms with Crippen molar-refractivity contribution in [1.82, 2.24) is 14.9 Å². The van der Waals surface area contributed by atoms with Crippen molar-refractivity contribution in [2.45, 2.75) is 32.2 Å². The summed E-state index contributed by atoms with van der Waals surface area (Å²) in [5.74, 6) is 0.889. The van der Waals surface area contributed by atoms with E-state index in [0.29, 0.717) is 18.9 Å². The Morgan fingerprint density at radius 2 is 2.25 bits per heavy atom. The standard InChI is InChI=1S/C9H17N3O3S/c1-4-8-10-5-9(11-8)16(13,14)12-15-6-7(2)3/h5,7,12H,4,6H2,1-3H3,(H,10,11). The van der Waals surface area contributed by atoms with E-state index in [1.807, 2.05) is 25.7 Å². The second-order valence-corrected chi connectivity index (χ2v) is 5.45. The largest absolute Gasteiger partial charge is 0.332 e. The van der Waals surface area contributed by atoms with Crippen molar-refractivity contribution in [2.75, 3.05) is 6.61 Å².